The van der Waals surface area contributed by atoms with E-state index in [4.69, 9.17) is 5.73 Å². The van der Waals surface area contributed by atoms with Crippen molar-refractivity contribution < 1.29 is 0 Å². The van der Waals surface area contributed by atoms with Crippen LogP contribution in [0, 0.1) is 0 Å². The largest absolute Gasteiger partial charge is 0.328 e. The van der Waals surface area contributed by atoms with Gasteiger partial charge in [0, 0.05) is 12.1 Å². The van der Waals surface area contributed by atoms with Crippen LogP contribution in [0.2, 0.25) is 0 Å². The Kier molecular flexibility index (Phi) is 6.22. The average molecular weight is 213 g/mol. The normalized spacial score (nSPS) is 27.2. The van der Waals surface area contributed by atoms with E-state index in [2.05, 4.69) is 24.3 Å². The molecule has 1 aliphatic carbocycles. The van der Waals surface area contributed by atoms with E-state index in [9.17, 15) is 0 Å². The molecule has 3 heteroatoms. The fourth-order valence-electron chi connectivity index (χ4n) is 2.27. The maximum atomic E-state index is 5.95. The third kappa shape index (κ3) is 6.13. The first-order valence-corrected chi connectivity index (χ1v) is 6.32. The molecule has 0 aromatic rings. The summed E-state index contributed by atoms with van der Waals surface area (Å²) in [5.41, 5.74) is 5.95. The van der Waals surface area contributed by atoms with Crippen molar-refractivity contribution in [1.82, 2.24) is 10.2 Å². The second kappa shape index (κ2) is 7.20. The molecule has 1 rings (SSSR count). The highest BCUT2D eigenvalue weighted by atomic mass is 15.0. The Morgan fingerprint density at radius 1 is 1.27 bits per heavy atom. The maximum Gasteiger partial charge on any atom is 0.00818 e. The van der Waals surface area contributed by atoms with Gasteiger partial charge in [-0.05, 0) is 59.3 Å². The fourth-order valence-corrected chi connectivity index (χ4v) is 2.27. The minimum Gasteiger partial charge on any atom is -0.328 e. The second-order valence-corrected chi connectivity index (χ2v) is 5.09. The molecule has 3 nitrogen and oxygen atoms in total. The summed E-state index contributed by atoms with van der Waals surface area (Å²) in [5, 5.41) is 3.63. The minimum absolute atomic E-state index is 0.443. The molecule has 1 aliphatic rings. The average Bonchev–Trinajstić information content (AvgIpc) is 2.17. The minimum atomic E-state index is 0.443. The van der Waals surface area contributed by atoms with Crippen LogP contribution in [0.15, 0.2) is 0 Å². The van der Waals surface area contributed by atoms with Gasteiger partial charge in [-0.3, -0.25) is 0 Å². The zero-order chi connectivity index (χ0) is 11.1. The number of rotatable bonds is 6. The Balaban J connectivity index is 1.95. The van der Waals surface area contributed by atoms with Crippen LogP contribution in [0.1, 0.15) is 38.5 Å². The van der Waals surface area contributed by atoms with Gasteiger partial charge < -0.3 is 16.0 Å². The van der Waals surface area contributed by atoms with Crippen LogP contribution in [0.5, 0.6) is 0 Å². The van der Waals surface area contributed by atoms with Crippen molar-refractivity contribution in [2.75, 3.05) is 27.2 Å². The molecule has 1 fully saturated rings. The summed E-state index contributed by atoms with van der Waals surface area (Å²) >= 11 is 0. The van der Waals surface area contributed by atoms with Crippen LogP contribution in [0.4, 0.5) is 0 Å². The van der Waals surface area contributed by atoms with Gasteiger partial charge in [0.05, 0.1) is 0 Å². The fraction of sp³-hybridized carbons (Fsp3) is 1.00. The topological polar surface area (TPSA) is 41.3 Å². The molecule has 15 heavy (non-hydrogen) atoms. The van der Waals surface area contributed by atoms with Crippen LogP contribution in [0.25, 0.3) is 0 Å². The molecule has 2 atom stereocenters. The molecule has 0 aliphatic heterocycles. The second-order valence-electron chi connectivity index (χ2n) is 5.09. The summed E-state index contributed by atoms with van der Waals surface area (Å²) in [6, 6.07) is 1.13. The molecule has 0 heterocycles. The van der Waals surface area contributed by atoms with Gasteiger partial charge in [0.25, 0.3) is 0 Å². The highest BCUT2D eigenvalue weighted by Crippen LogP contribution is 2.16. The predicted octanol–water partition coefficient (Wildman–Crippen LogP) is 1.19. The zero-order valence-electron chi connectivity index (χ0n) is 10.3. The smallest absolute Gasteiger partial charge is 0.00818 e. The first kappa shape index (κ1) is 12.9. The van der Waals surface area contributed by atoms with E-state index in [1.165, 1.54) is 45.1 Å². The first-order chi connectivity index (χ1) is 7.18. The summed E-state index contributed by atoms with van der Waals surface area (Å²) in [7, 11) is 4.27. The number of nitrogens with two attached hydrogens (primary N) is 1. The lowest BCUT2D eigenvalue weighted by atomic mass is 9.91. The van der Waals surface area contributed by atoms with Gasteiger partial charge in [0.15, 0.2) is 0 Å². The van der Waals surface area contributed by atoms with E-state index < -0.39 is 0 Å². The molecular weight excluding hydrogens is 186 g/mol. The van der Waals surface area contributed by atoms with Gasteiger partial charge in [-0.25, -0.2) is 0 Å². The highest BCUT2D eigenvalue weighted by molar-refractivity contribution is 4.79. The Labute approximate surface area is 94.4 Å². The highest BCUT2D eigenvalue weighted by Gasteiger charge is 2.17. The van der Waals surface area contributed by atoms with E-state index >= 15 is 0 Å². The molecule has 3 N–H and O–H groups in total. The summed E-state index contributed by atoms with van der Waals surface area (Å²) in [5.74, 6) is 0. The van der Waals surface area contributed by atoms with Crippen molar-refractivity contribution in [3.63, 3.8) is 0 Å². The lowest BCUT2D eigenvalue weighted by molar-refractivity contribution is 0.332. The number of unbranched alkanes of at least 4 members (excludes halogenated alkanes) is 1. The van der Waals surface area contributed by atoms with Gasteiger partial charge in [-0.2, -0.15) is 0 Å². The summed E-state index contributed by atoms with van der Waals surface area (Å²) < 4.78 is 0. The lowest BCUT2D eigenvalue weighted by Crippen LogP contribution is -2.39. The van der Waals surface area contributed by atoms with Crippen LogP contribution < -0.4 is 11.1 Å². The van der Waals surface area contributed by atoms with Gasteiger partial charge >= 0.3 is 0 Å². The van der Waals surface area contributed by atoms with Gasteiger partial charge in [0.2, 0.25) is 0 Å². The summed E-state index contributed by atoms with van der Waals surface area (Å²) in [6.07, 6.45) is 7.59. The van der Waals surface area contributed by atoms with Crippen molar-refractivity contribution in [2.24, 2.45) is 5.73 Å². The summed E-state index contributed by atoms with van der Waals surface area (Å²) in [6.45, 7) is 2.36. The van der Waals surface area contributed by atoms with Gasteiger partial charge in [-0.15, -0.1) is 0 Å². The SMILES string of the molecule is CN(C)CCCCNC1CCCC(N)C1. The van der Waals surface area contributed by atoms with E-state index in [1.807, 2.05) is 0 Å². The van der Waals surface area contributed by atoms with Crippen molar-refractivity contribution in [3.05, 3.63) is 0 Å². The van der Waals surface area contributed by atoms with Crippen LogP contribution >= 0.6 is 0 Å². The van der Waals surface area contributed by atoms with Crippen molar-refractivity contribution in [3.8, 4) is 0 Å². The predicted molar refractivity (Wildman–Crippen MR) is 66.0 cm³/mol. The molecule has 0 spiro atoms. The monoisotopic (exact) mass is 213 g/mol. The van der Waals surface area contributed by atoms with E-state index in [1.54, 1.807) is 0 Å². The molecular formula is C12H27N3. The third-order valence-corrected chi connectivity index (χ3v) is 3.18. The molecule has 0 radical (unpaired) electrons. The zero-order valence-corrected chi connectivity index (χ0v) is 10.3. The Morgan fingerprint density at radius 3 is 2.73 bits per heavy atom. The van der Waals surface area contributed by atoms with Crippen molar-refractivity contribution in [2.45, 2.75) is 50.6 Å². The Bertz CT molecular complexity index is 159. The molecule has 1 saturated carbocycles. The number of nitrogens with zero attached hydrogens (tertiary/aromatic N) is 1. The van der Waals surface area contributed by atoms with Crippen LogP contribution in [-0.4, -0.2) is 44.2 Å². The van der Waals surface area contributed by atoms with Crippen LogP contribution in [-0.2, 0) is 0 Å². The van der Waals surface area contributed by atoms with Gasteiger partial charge in [0.1, 0.15) is 0 Å². The molecule has 0 bridgehead atoms. The number of hydrogen-bond acceptors (Lipinski definition) is 3. The van der Waals surface area contributed by atoms with E-state index in [0.717, 1.165) is 6.54 Å². The standard InChI is InChI=1S/C12H27N3/c1-15(2)9-4-3-8-14-12-7-5-6-11(13)10-12/h11-12,14H,3-10,13H2,1-2H3. The van der Waals surface area contributed by atoms with Crippen LogP contribution in [0.3, 0.4) is 0 Å². The number of nitrogens with one attached hydrogen (secondary N) is 1. The molecule has 0 amide bonds. The first-order valence-electron chi connectivity index (χ1n) is 6.32. The van der Waals surface area contributed by atoms with Crippen molar-refractivity contribution in [1.29, 1.82) is 0 Å². The molecule has 0 saturated heterocycles. The lowest BCUT2D eigenvalue weighted by Gasteiger charge is -2.27. The third-order valence-electron chi connectivity index (χ3n) is 3.18. The number of hydrogen-bond donors (Lipinski definition) is 2. The molecule has 2 unspecified atom stereocenters. The Morgan fingerprint density at radius 2 is 2.07 bits per heavy atom. The van der Waals surface area contributed by atoms with Gasteiger partial charge in [-0.1, -0.05) is 6.42 Å². The van der Waals surface area contributed by atoms with E-state index in [-0.39, 0.29) is 0 Å². The molecule has 0 aromatic heterocycles. The molecule has 90 valence electrons. The van der Waals surface area contributed by atoms with E-state index in [0.29, 0.717) is 12.1 Å². The maximum absolute atomic E-state index is 5.95. The molecule has 0 aromatic carbocycles. The summed E-state index contributed by atoms with van der Waals surface area (Å²) in [4.78, 5) is 2.25. The van der Waals surface area contributed by atoms with Crippen molar-refractivity contribution >= 4 is 0 Å². The quantitative estimate of drug-likeness (QED) is 0.651. The Hall–Kier alpha value is -0.120.